The van der Waals surface area contributed by atoms with Crippen molar-refractivity contribution in [3.8, 4) is 0 Å². The minimum Gasteiger partial charge on any atom is -0.371 e. The van der Waals surface area contributed by atoms with Crippen LogP contribution in [-0.2, 0) is 19.1 Å². The van der Waals surface area contributed by atoms with E-state index < -0.39 is 58.9 Å². The average molecular weight is 544 g/mol. The van der Waals surface area contributed by atoms with Crippen LogP contribution in [0.25, 0.3) is 0 Å². The number of Topliss-reactive ketones (excluding diaryl/α,β-unsaturated/α-hetero) is 3. The van der Waals surface area contributed by atoms with Crippen LogP contribution in [0.5, 0.6) is 0 Å². The maximum Gasteiger partial charge on any atom is 0.471 e. The molecular formula is C23H21BrF3NO6. The summed E-state index contributed by atoms with van der Waals surface area (Å²) in [5.41, 5.74) is 0.605. The van der Waals surface area contributed by atoms with Crippen molar-refractivity contribution < 1.29 is 41.8 Å². The van der Waals surface area contributed by atoms with E-state index in [2.05, 4.69) is 15.9 Å². The number of amides is 1. The predicted octanol–water partition coefficient (Wildman–Crippen LogP) is 3.10. The van der Waals surface area contributed by atoms with Crippen molar-refractivity contribution in [3.63, 3.8) is 0 Å². The fourth-order valence-electron chi connectivity index (χ4n) is 4.64. The first-order valence-electron chi connectivity index (χ1n) is 10.6. The molecular weight excluding hydrogens is 523 g/mol. The van der Waals surface area contributed by atoms with E-state index in [1.54, 1.807) is 19.1 Å². The van der Waals surface area contributed by atoms with Gasteiger partial charge in [0, 0.05) is 34.7 Å². The first-order valence-corrected chi connectivity index (χ1v) is 11.6. The van der Waals surface area contributed by atoms with Crippen molar-refractivity contribution in [3.05, 3.63) is 46.5 Å². The van der Waals surface area contributed by atoms with Gasteiger partial charge in [-0.05, 0) is 20.3 Å². The maximum absolute atomic E-state index is 13.4. The van der Waals surface area contributed by atoms with Gasteiger partial charge >= 0.3 is 12.1 Å². The molecule has 1 fully saturated rings. The molecule has 182 valence electrons. The molecule has 0 unspecified atom stereocenters. The SMILES string of the molecule is CC(=O)[C@@H]1CC2=C(C(=O)c3ccccc3C2=O)[C@@H]([C@H]2C[C@H](NC(=O)C(F)(F)F)[C@H](Br)[C@H](C)O2)O1. The Morgan fingerprint density at radius 2 is 1.71 bits per heavy atom. The van der Waals surface area contributed by atoms with Crippen molar-refractivity contribution >= 4 is 39.2 Å². The highest BCUT2D eigenvalue weighted by Crippen LogP contribution is 2.40. The zero-order valence-electron chi connectivity index (χ0n) is 18.1. The molecule has 1 aromatic rings. The molecule has 1 amide bonds. The lowest BCUT2D eigenvalue weighted by Gasteiger charge is -2.44. The lowest BCUT2D eigenvalue weighted by atomic mass is 9.76. The van der Waals surface area contributed by atoms with Gasteiger partial charge in [0.2, 0.25) is 0 Å². The fraction of sp³-hybridized carbons (Fsp3) is 0.478. The Morgan fingerprint density at radius 3 is 2.29 bits per heavy atom. The van der Waals surface area contributed by atoms with Crippen LogP contribution < -0.4 is 5.32 Å². The number of ether oxygens (including phenoxy) is 2. The third kappa shape index (κ3) is 4.36. The van der Waals surface area contributed by atoms with E-state index in [0.717, 1.165) is 0 Å². The van der Waals surface area contributed by atoms with Gasteiger partial charge in [0.1, 0.15) is 12.2 Å². The summed E-state index contributed by atoms with van der Waals surface area (Å²) >= 11 is 3.28. The summed E-state index contributed by atoms with van der Waals surface area (Å²) < 4.78 is 50.5. The molecule has 1 aliphatic carbocycles. The summed E-state index contributed by atoms with van der Waals surface area (Å²) in [4.78, 5) is 49.8. The summed E-state index contributed by atoms with van der Waals surface area (Å²) in [5, 5.41) is 1.97. The number of carbonyl (C=O) groups is 4. The first-order chi connectivity index (χ1) is 15.9. The second kappa shape index (κ2) is 9.01. The van der Waals surface area contributed by atoms with Gasteiger partial charge in [-0.1, -0.05) is 40.2 Å². The van der Waals surface area contributed by atoms with Crippen LogP contribution >= 0.6 is 15.9 Å². The summed E-state index contributed by atoms with van der Waals surface area (Å²) in [6, 6.07) is 5.28. The van der Waals surface area contributed by atoms with Gasteiger partial charge in [-0.3, -0.25) is 19.2 Å². The van der Waals surface area contributed by atoms with Crippen molar-refractivity contribution in [1.29, 1.82) is 0 Å². The molecule has 2 heterocycles. The van der Waals surface area contributed by atoms with E-state index >= 15 is 0 Å². The number of rotatable bonds is 3. The van der Waals surface area contributed by atoms with Gasteiger partial charge in [-0.25, -0.2) is 0 Å². The van der Waals surface area contributed by atoms with Crippen LogP contribution in [0.3, 0.4) is 0 Å². The van der Waals surface area contributed by atoms with E-state index in [4.69, 9.17) is 9.47 Å². The van der Waals surface area contributed by atoms with Crippen LogP contribution in [0.2, 0.25) is 0 Å². The number of benzene rings is 1. The minimum absolute atomic E-state index is 0.0484. The first kappa shape index (κ1) is 24.7. The quantitative estimate of drug-likeness (QED) is 0.588. The molecule has 11 heteroatoms. The highest BCUT2D eigenvalue weighted by molar-refractivity contribution is 9.09. The molecule has 1 aromatic carbocycles. The molecule has 1 saturated heterocycles. The van der Waals surface area contributed by atoms with Gasteiger partial charge in [0.25, 0.3) is 0 Å². The molecule has 0 saturated carbocycles. The number of fused-ring (bicyclic) bond motifs is 1. The molecule has 0 spiro atoms. The molecule has 2 aliphatic heterocycles. The van der Waals surface area contributed by atoms with Crippen molar-refractivity contribution in [2.45, 2.75) is 68.2 Å². The van der Waals surface area contributed by atoms with Crippen LogP contribution in [0.4, 0.5) is 13.2 Å². The number of halogens is 4. The van der Waals surface area contributed by atoms with Crippen molar-refractivity contribution in [1.82, 2.24) is 5.32 Å². The standard InChI is InChI=1S/C23H21BrF3NO6/c1-9(29)15-7-13-17(20(31)12-6-4-3-5-11(12)19(13)30)21(34-15)16-8-14(18(24)10(2)33-16)28-22(32)23(25,26)27/h3-6,10,14-16,18,21H,7-8H2,1-2H3,(H,28,32)/t10-,14-,15-,16+,18+,21+/m0/s1. The second-order valence-corrected chi connectivity index (χ2v) is 9.65. The molecule has 0 aromatic heterocycles. The molecule has 1 N–H and O–H groups in total. The highest BCUT2D eigenvalue weighted by Gasteiger charge is 2.50. The van der Waals surface area contributed by atoms with Gasteiger partial charge in [0.05, 0.1) is 17.0 Å². The molecule has 6 atom stereocenters. The molecule has 0 bridgehead atoms. The monoisotopic (exact) mass is 543 g/mol. The fourth-order valence-corrected chi connectivity index (χ4v) is 5.11. The lowest BCUT2D eigenvalue weighted by molar-refractivity contribution is -0.177. The van der Waals surface area contributed by atoms with E-state index in [0.29, 0.717) is 0 Å². The Labute approximate surface area is 201 Å². The smallest absolute Gasteiger partial charge is 0.371 e. The van der Waals surface area contributed by atoms with Crippen LogP contribution in [-0.4, -0.2) is 64.7 Å². The molecule has 3 aliphatic rings. The van der Waals surface area contributed by atoms with E-state index in [9.17, 15) is 32.3 Å². The predicted molar refractivity (Wildman–Crippen MR) is 116 cm³/mol. The van der Waals surface area contributed by atoms with Crippen LogP contribution in [0.15, 0.2) is 35.4 Å². The molecule has 34 heavy (non-hydrogen) atoms. The topological polar surface area (TPSA) is 98.8 Å². The Hall–Kier alpha value is -2.37. The van der Waals surface area contributed by atoms with Crippen molar-refractivity contribution in [2.75, 3.05) is 0 Å². The molecule has 7 nitrogen and oxygen atoms in total. The van der Waals surface area contributed by atoms with Crippen LogP contribution in [0, 0.1) is 0 Å². The van der Waals surface area contributed by atoms with E-state index in [1.807, 2.05) is 5.32 Å². The van der Waals surface area contributed by atoms with Crippen molar-refractivity contribution in [2.24, 2.45) is 0 Å². The third-order valence-electron chi connectivity index (χ3n) is 6.32. The molecule has 4 rings (SSSR count). The Kier molecular flexibility index (Phi) is 6.56. The summed E-state index contributed by atoms with van der Waals surface area (Å²) in [7, 11) is 0. The number of ketones is 3. The minimum atomic E-state index is -5.07. The molecule has 0 radical (unpaired) electrons. The van der Waals surface area contributed by atoms with E-state index in [1.165, 1.54) is 19.1 Å². The Morgan fingerprint density at radius 1 is 1.09 bits per heavy atom. The average Bonchev–Trinajstić information content (AvgIpc) is 2.78. The number of hydrogen-bond donors (Lipinski definition) is 1. The Bertz CT molecular complexity index is 1100. The van der Waals surface area contributed by atoms with Gasteiger partial charge < -0.3 is 14.8 Å². The number of carbonyl (C=O) groups excluding carboxylic acids is 4. The maximum atomic E-state index is 13.4. The highest BCUT2D eigenvalue weighted by atomic mass is 79.9. The number of nitrogens with one attached hydrogen (secondary N) is 1. The summed E-state index contributed by atoms with van der Waals surface area (Å²) in [5.74, 6) is -3.31. The van der Waals surface area contributed by atoms with Gasteiger partial charge in [-0.2, -0.15) is 13.2 Å². The zero-order chi connectivity index (χ0) is 24.9. The normalized spacial score (nSPS) is 31.6. The third-order valence-corrected chi connectivity index (χ3v) is 7.70. The largest absolute Gasteiger partial charge is 0.471 e. The summed E-state index contributed by atoms with van der Waals surface area (Å²) in [6.07, 6.45) is -9.16. The summed E-state index contributed by atoms with van der Waals surface area (Å²) in [6.45, 7) is 2.89. The van der Waals surface area contributed by atoms with Gasteiger partial charge in [-0.15, -0.1) is 0 Å². The van der Waals surface area contributed by atoms with Gasteiger partial charge in [0.15, 0.2) is 17.3 Å². The lowest BCUT2D eigenvalue weighted by Crippen LogP contribution is -2.58. The second-order valence-electron chi connectivity index (χ2n) is 8.59. The van der Waals surface area contributed by atoms with Crippen LogP contribution in [0.1, 0.15) is 47.4 Å². The van der Waals surface area contributed by atoms with E-state index in [-0.39, 0.29) is 40.9 Å². The Balaban J connectivity index is 1.72. The zero-order valence-corrected chi connectivity index (χ0v) is 19.7. The number of alkyl halides is 4. The number of hydrogen-bond acceptors (Lipinski definition) is 6.